The first-order valence-corrected chi connectivity index (χ1v) is 6.57. The number of hydrogen-bond acceptors (Lipinski definition) is 2. The number of para-hydroxylation sites is 1. The number of rotatable bonds is 3. The van der Waals surface area contributed by atoms with Crippen LogP contribution in [0, 0.1) is 6.92 Å². The van der Waals surface area contributed by atoms with Crippen LogP contribution in [-0.4, -0.2) is 10.5 Å². The largest absolute Gasteiger partial charge is 0.324 e. The summed E-state index contributed by atoms with van der Waals surface area (Å²) in [6, 6.07) is 10.8. The third-order valence-corrected chi connectivity index (χ3v) is 3.36. The lowest BCUT2D eigenvalue weighted by Crippen LogP contribution is -2.28. The third-order valence-electron chi connectivity index (χ3n) is 2.67. The Hall–Kier alpha value is -1.88. The smallest absolute Gasteiger partial charge is 0.253 e. The number of pyridine rings is 1. The predicted molar refractivity (Wildman–Crippen MR) is 78.2 cm³/mol. The Morgan fingerprint density at radius 3 is 2.74 bits per heavy atom. The number of carbonyl (C=O) groups excluding carboxylic acids is 1. The van der Waals surface area contributed by atoms with Gasteiger partial charge in [0.05, 0.1) is 5.69 Å². The molecule has 19 heavy (non-hydrogen) atoms. The van der Waals surface area contributed by atoms with Gasteiger partial charge in [-0.2, -0.15) is 0 Å². The van der Waals surface area contributed by atoms with Crippen LogP contribution in [0.2, 0.25) is 0 Å². The molecule has 0 saturated heterocycles. The van der Waals surface area contributed by atoms with E-state index in [1.54, 1.807) is 31.3 Å². The molecule has 0 atom stereocenters. The van der Waals surface area contributed by atoms with Crippen molar-refractivity contribution in [1.82, 2.24) is 4.57 Å². The summed E-state index contributed by atoms with van der Waals surface area (Å²) in [7, 11) is 0. The maximum atomic E-state index is 11.9. The Morgan fingerprint density at radius 2 is 2.00 bits per heavy atom. The van der Waals surface area contributed by atoms with Crippen molar-refractivity contribution in [2.75, 3.05) is 5.32 Å². The van der Waals surface area contributed by atoms with Gasteiger partial charge in [0.2, 0.25) is 5.91 Å². The average molecular weight is 321 g/mol. The van der Waals surface area contributed by atoms with Gasteiger partial charge in [-0.1, -0.05) is 18.2 Å². The minimum absolute atomic E-state index is 0.00183. The van der Waals surface area contributed by atoms with Crippen molar-refractivity contribution in [2.24, 2.45) is 0 Å². The Bertz CT molecular complexity index is 664. The van der Waals surface area contributed by atoms with Gasteiger partial charge in [0.15, 0.2) is 0 Å². The molecule has 98 valence electrons. The minimum Gasteiger partial charge on any atom is -0.324 e. The van der Waals surface area contributed by atoms with Crippen molar-refractivity contribution >= 4 is 27.5 Å². The van der Waals surface area contributed by atoms with Crippen LogP contribution in [0.4, 0.5) is 5.69 Å². The van der Waals surface area contributed by atoms with Gasteiger partial charge in [0, 0.05) is 16.2 Å². The van der Waals surface area contributed by atoms with E-state index < -0.39 is 0 Å². The summed E-state index contributed by atoms with van der Waals surface area (Å²) in [4.78, 5) is 23.7. The summed E-state index contributed by atoms with van der Waals surface area (Å²) in [5.74, 6) is -0.236. The van der Waals surface area contributed by atoms with E-state index in [0.717, 1.165) is 4.47 Å². The lowest BCUT2D eigenvalue weighted by atomic mass is 10.3. The first kappa shape index (κ1) is 13.5. The zero-order chi connectivity index (χ0) is 13.8. The van der Waals surface area contributed by atoms with Crippen LogP contribution in [0.25, 0.3) is 0 Å². The van der Waals surface area contributed by atoms with Crippen molar-refractivity contribution in [3.05, 3.63) is 63.0 Å². The van der Waals surface area contributed by atoms with Crippen LogP contribution in [0.3, 0.4) is 0 Å². The zero-order valence-corrected chi connectivity index (χ0v) is 12.0. The van der Waals surface area contributed by atoms with Gasteiger partial charge < -0.3 is 9.88 Å². The molecule has 0 unspecified atom stereocenters. The molecule has 0 radical (unpaired) electrons. The van der Waals surface area contributed by atoms with Crippen LogP contribution in [0.1, 0.15) is 5.56 Å². The topological polar surface area (TPSA) is 51.1 Å². The zero-order valence-electron chi connectivity index (χ0n) is 10.4. The third kappa shape index (κ3) is 3.32. The molecule has 0 aliphatic heterocycles. The van der Waals surface area contributed by atoms with E-state index in [2.05, 4.69) is 21.2 Å². The number of carbonyl (C=O) groups is 1. The molecule has 0 saturated carbocycles. The van der Waals surface area contributed by atoms with Crippen LogP contribution >= 0.6 is 15.9 Å². The quantitative estimate of drug-likeness (QED) is 0.944. The molecule has 4 nitrogen and oxygen atoms in total. The molecule has 1 N–H and O–H groups in total. The van der Waals surface area contributed by atoms with E-state index in [4.69, 9.17) is 0 Å². The normalized spacial score (nSPS) is 10.2. The first-order valence-electron chi connectivity index (χ1n) is 5.78. The molecule has 0 aliphatic rings. The number of aryl methyl sites for hydroxylation is 1. The van der Waals surface area contributed by atoms with Gasteiger partial charge >= 0.3 is 0 Å². The van der Waals surface area contributed by atoms with Crippen LogP contribution < -0.4 is 10.9 Å². The van der Waals surface area contributed by atoms with Crippen molar-refractivity contribution in [2.45, 2.75) is 13.5 Å². The molecule has 1 heterocycles. The predicted octanol–water partition coefficient (Wildman–Crippen LogP) is 2.56. The molecule has 0 aliphatic carbocycles. The SMILES string of the molecule is Cc1cccn(CC(=O)Nc2ccccc2Br)c1=O. The fourth-order valence-electron chi connectivity index (χ4n) is 1.69. The Labute approximate surface area is 119 Å². The van der Waals surface area contributed by atoms with Gasteiger partial charge in [0.25, 0.3) is 5.56 Å². The van der Waals surface area contributed by atoms with Crippen molar-refractivity contribution < 1.29 is 4.79 Å². The lowest BCUT2D eigenvalue weighted by Gasteiger charge is -2.09. The maximum absolute atomic E-state index is 11.9. The molecule has 1 aromatic heterocycles. The Kier molecular flexibility index (Phi) is 4.16. The number of benzene rings is 1. The number of anilines is 1. The molecule has 0 bridgehead atoms. The fraction of sp³-hybridized carbons (Fsp3) is 0.143. The molecule has 5 heteroatoms. The van der Waals surface area contributed by atoms with Crippen LogP contribution in [-0.2, 0) is 11.3 Å². The van der Waals surface area contributed by atoms with Gasteiger partial charge in [-0.3, -0.25) is 9.59 Å². The monoisotopic (exact) mass is 320 g/mol. The van der Waals surface area contributed by atoms with E-state index in [1.165, 1.54) is 4.57 Å². The molecular weight excluding hydrogens is 308 g/mol. The molecule has 2 rings (SSSR count). The molecule has 1 aromatic carbocycles. The number of amides is 1. The van der Waals surface area contributed by atoms with E-state index in [9.17, 15) is 9.59 Å². The average Bonchev–Trinajstić information content (AvgIpc) is 2.38. The number of nitrogens with zero attached hydrogens (tertiary/aromatic N) is 1. The highest BCUT2D eigenvalue weighted by Crippen LogP contribution is 2.20. The van der Waals surface area contributed by atoms with Crippen LogP contribution in [0.5, 0.6) is 0 Å². The number of aromatic nitrogens is 1. The summed E-state index contributed by atoms with van der Waals surface area (Å²) >= 11 is 3.35. The van der Waals surface area contributed by atoms with Gasteiger partial charge in [-0.05, 0) is 41.1 Å². The Morgan fingerprint density at radius 1 is 1.26 bits per heavy atom. The van der Waals surface area contributed by atoms with Crippen LogP contribution in [0.15, 0.2) is 51.9 Å². The second-order valence-corrected chi connectivity index (χ2v) is 5.01. The van der Waals surface area contributed by atoms with Crippen molar-refractivity contribution in [1.29, 1.82) is 0 Å². The number of halogens is 1. The number of hydrogen-bond donors (Lipinski definition) is 1. The van der Waals surface area contributed by atoms with E-state index >= 15 is 0 Å². The first-order chi connectivity index (χ1) is 9.08. The summed E-state index contributed by atoms with van der Waals surface area (Å²) in [6.45, 7) is 1.73. The summed E-state index contributed by atoms with van der Waals surface area (Å²) in [6.07, 6.45) is 1.61. The van der Waals surface area contributed by atoms with Crippen molar-refractivity contribution in [3.63, 3.8) is 0 Å². The number of nitrogens with one attached hydrogen (secondary N) is 1. The van der Waals surface area contributed by atoms with Gasteiger partial charge in [-0.25, -0.2) is 0 Å². The maximum Gasteiger partial charge on any atom is 0.253 e. The van der Waals surface area contributed by atoms with Gasteiger partial charge in [-0.15, -0.1) is 0 Å². The van der Waals surface area contributed by atoms with E-state index in [1.807, 2.05) is 18.2 Å². The van der Waals surface area contributed by atoms with E-state index in [-0.39, 0.29) is 18.0 Å². The molecule has 0 fully saturated rings. The highest BCUT2D eigenvalue weighted by molar-refractivity contribution is 9.10. The molecule has 0 spiro atoms. The molecular formula is C14H13BrN2O2. The molecule has 1 amide bonds. The lowest BCUT2D eigenvalue weighted by molar-refractivity contribution is -0.116. The molecule has 2 aromatic rings. The second-order valence-electron chi connectivity index (χ2n) is 4.15. The second kappa shape index (κ2) is 5.84. The van der Waals surface area contributed by atoms with E-state index in [0.29, 0.717) is 11.3 Å². The van der Waals surface area contributed by atoms with Crippen molar-refractivity contribution in [3.8, 4) is 0 Å². The summed E-state index contributed by atoms with van der Waals surface area (Å²) in [5, 5.41) is 2.76. The summed E-state index contributed by atoms with van der Waals surface area (Å²) < 4.78 is 2.20. The summed E-state index contributed by atoms with van der Waals surface area (Å²) in [5.41, 5.74) is 1.16. The fourth-order valence-corrected chi connectivity index (χ4v) is 2.07. The Balaban J connectivity index is 2.12. The standard InChI is InChI=1S/C14H13BrN2O2/c1-10-5-4-8-17(14(10)19)9-13(18)16-12-7-3-2-6-11(12)15/h2-8H,9H2,1H3,(H,16,18). The van der Waals surface area contributed by atoms with Gasteiger partial charge in [0.1, 0.15) is 6.54 Å². The highest BCUT2D eigenvalue weighted by Gasteiger charge is 2.07. The highest BCUT2D eigenvalue weighted by atomic mass is 79.9. The minimum atomic E-state index is -0.236.